The quantitative estimate of drug-likeness (QED) is 0.599. The van der Waals surface area contributed by atoms with E-state index in [1.54, 1.807) is 44.6 Å². The molecule has 3 aromatic rings. The first-order valence-corrected chi connectivity index (χ1v) is 10.1. The fourth-order valence-corrected chi connectivity index (χ4v) is 3.72. The zero-order chi connectivity index (χ0) is 21.1. The van der Waals surface area contributed by atoms with Gasteiger partial charge in [-0.2, -0.15) is 4.98 Å². The number of nitrogens with zero attached hydrogens (tertiary/aromatic N) is 3. The molecule has 1 saturated heterocycles. The molecule has 0 unspecified atom stereocenters. The second-order valence-corrected chi connectivity index (χ2v) is 7.59. The normalized spacial score (nSPS) is 16.4. The molecule has 0 radical (unpaired) electrons. The monoisotopic (exact) mass is 427 g/mol. The van der Waals surface area contributed by atoms with Gasteiger partial charge in [0.15, 0.2) is 0 Å². The summed E-state index contributed by atoms with van der Waals surface area (Å²) in [6.07, 6.45) is 1.74. The second kappa shape index (κ2) is 8.75. The highest BCUT2D eigenvalue weighted by Gasteiger charge is 2.29. The van der Waals surface area contributed by atoms with Crippen LogP contribution in [0.4, 0.5) is 0 Å². The minimum Gasteiger partial charge on any atom is -0.497 e. The predicted octanol–water partition coefficient (Wildman–Crippen LogP) is 4.43. The van der Waals surface area contributed by atoms with Gasteiger partial charge in [0, 0.05) is 35.3 Å². The standard InChI is InChI=1S/C22H22ClN3O4/c1-28-18-10-16(11-19(12-18)29-2)22(27)26-9-3-4-15(13-26)21-24-20(25-30-21)14-5-7-17(23)8-6-14/h5-8,10-12,15H,3-4,9,13H2,1-2H3/t15-/m1/s1. The summed E-state index contributed by atoms with van der Waals surface area (Å²) in [6.45, 7) is 1.19. The maximum absolute atomic E-state index is 13.1. The van der Waals surface area contributed by atoms with Gasteiger partial charge in [0.2, 0.25) is 11.7 Å². The number of carbonyl (C=O) groups is 1. The van der Waals surface area contributed by atoms with Crippen molar-refractivity contribution in [3.8, 4) is 22.9 Å². The van der Waals surface area contributed by atoms with Gasteiger partial charge in [0.05, 0.1) is 20.1 Å². The summed E-state index contributed by atoms with van der Waals surface area (Å²) < 4.78 is 16.1. The molecule has 1 aliphatic heterocycles. The maximum Gasteiger partial charge on any atom is 0.254 e. The zero-order valence-corrected chi connectivity index (χ0v) is 17.6. The van der Waals surface area contributed by atoms with Crippen LogP contribution in [0.25, 0.3) is 11.4 Å². The smallest absolute Gasteiger partial charge is 0.254 e. The molecule has 0 saturated carbocycles. The third-order valence-corrected chi connectivity index (χ3v) is 5.45. The number of methoxy groups -OCH3 is 2. The van der Waals surface area contributed by atoms with Crippen LogP contribution < -0.4 is 9.47 Å². The van der Waals surface area contributed by atoms with E-state index < -0.39 is 0 Å². The molecule has 0 spiro atoms. The summed E-state index contributed by atoms with van der Waals surface area (Å²) in [4.78, 5) is 19.5. The van der Waals surface area contributed by atoms with E-state index in [1.165, 1.54) is 0 Å². The van der Waals surface area contributed by atoms with Crippen molar-refractivity contribution in [2.24, 2.45) is 0 Å². The van der Waals surface area contributed by atoms with Crippen molar-refractivity contribution >= 4 is 17.5 Å². The molecular weight excluding hydrogens is 406 g/mol. The van der Waals surface area contributed by atoms with Crippen molar-refractivity contribution in [1.82, 2.24) is 15.0 Å². The molecule has 156 valence electrons. The molecular formula is C22H22ClN3O4. The number of piperidine rings is 1. The number of amides is 1. The maximum atomic E-state index is 13.1. The lowest BCUT2D eigenvalue weighted by Gasteiger charge is -2.31. The van der Waals surface area contributed by atoms with Gasteiger partial charge in [-0.15, -0.1) is 0 Å². The molecule has 1 aliphatic rings. The highest BCUT2D eigenvalue weighted by atomic mass is 35.5. The number of halogens is 1. The largest absolute Gasteiger partial charge is 0.497 e. The van der Waals surface area contributed by atoms with Crippen molar-refractivity contribution in [3.05, 3.63) is 58.9 Å². The Hall–Kier alpha value is -3.06. The molecule has 30 heavy (non-hydrogen) atoms. The highest BCUT2D eigenvalue weighted by molar-refractivity contribution is 6.30. The molecule has 0 aliphatic carbocycles. The van der Waals surface area contributed by atoms with Crippen LogP contribution in [0.2, 0.25) is 5.02 Å². The van der Waals surface area contributed by atoms with Crippen LogP contribution in [0.1, 0.15) is 35.0 Å². The van der Waals surface area contributed by atoms with Crippen molar-refractivity contribution in [2.45, 2.75) is 18.8 Å². The molecule has 2 aromatic carbocycles. The van der Waals surface area contributed by atoms with Gasteiger partial charge in [0.1, 0.15) is 11.5 Å². The second-order valence-electron chi connectivity index (χ2n) is 7.15. The molecule has 1 fully saturated rings. The van der Waals surface area contributed by atoms with E-state index in [2.05, 4.69) is 10.1 Å². The van der Waals surface area contributed by atoms with Crippen LogP contribution in [0.5, 0.6) is 11.5 Å². The molecule has 7 nitrogen and oxygen atoms in total. The Balaban J connectivity index is 1.51. The van der Waals surface area contributed by atoms with Gasteiger partial charge in [-0.3, -0.25) is 4.79 Å². The van der Waals surface area contributed by atoms with Gasteiger partial charge in [-0.25, -0.2) is 0 Å². The molecule has 4 rings (SSSR count). The van der Waals surface area contributed by atoms with Crippen LogP contribution in [0.3, 0.4) is 0 Å². The van der Waals surface area contributed by atoms with Crippen molar-refractivity contribution in [3.63, 3.8) is 0 Å². The highest BCUT2D eigenvalue weighted by Crippen LogP contribution is 2.30. The van der Waals surface area contributed by atoms with Crippen molar-refractivity contribution in [2.75, 3.05) is 27.3 Å². The van der Waals surface area contributed by atoms with Gasteiger partial charge in [0.25, 0.3) is 5.91 Å². The first-order chi connectivity index (χ1) is 14.6. The Bertz CT molecular complexity index is 1010. The Morgan fingerprint density at radius 3 is 2.50 bits per heavy atom. The Morgan fingerprint density at radius 1 is 1.13 bits per heavy atom. The number of hydrogen-bond donors (Lipinski definition) is 0. The van der Waals surface area contributed by atoms with Gasteiger partial charge >= 0.3 is 0 Å². The van der Waals surface area contributed by atoms with E-state index in [0.717, 1.165) is 18.4 Å². The number of rotatable bonds is 5. The Kier molecular flexibility index (Phi) is 5.90. The number of aromatic nitrogens is 2. The van der Waals surface area contributed by atoms with Gasteiger partial charge < -0.3 is 18.9 Å². The minimum atomic E-state index is -0.0747. The topological polar surface area (TPSA) is 77.7 Å². The first kappa shape index (κ1) is 20.2. The van der Waals surface area contributed by atoms with Crippen LogP contribution in [0, 0.1) is 0 Å². The van der Waals surface area contributed by atoms with E-state index in [4.69, 9.17) is 25.6 Å². The summed E-state index contributed by atoms with van der Waals surface area (Å²) in [6, 6.07) is 12.5. The van der Waals surface area contributed by atoms with E-state index >= 15 is 0 Å². The lowest BCUT2D eigenvalue weighted by Crippen LogP contribution is -2.39. The minimum absolute atomic E-state index is 0.0104. The molecule has 0 N–H and O–H groups in total. The molecule has 1 amide bonds. The lowest BCUT2D eigenvalue weighted by molar-refractivity contribution is 0.0695. The van der Waals surface area contributed by atoms with E-state index in [1.807, 2.05) is 17.0 Å². The summed E-state index contributed by atoms with van der Waals surface area (Å²) in [5.41, 5.74) is 1.36. The fraction of sp³-hybridized carbons (Fsp3) is 0.318. The Labute approximate surface area is 179 Å². The number of ether oxygens (including phenoxy) is 2. The summed E-state index contributed by atoms with van der Waals surface area (Å²) in [5.74, 6) is 2.13. The molecule has 0 bridgehead atoms. The first-order valence-electron chi connectivity index (χ1n) is 9.69. The zero-order valence-electron chi connectivity index (χ0n) is 16.8. The van der Waals surface area contributed by atoms with E-state index in [-0.39, 0.29) is 11.8 Å². The van der Waals surface area contributed by atoms with E-state index in [9.17, 15) is 4.79 Å². The summed E-state index contributed by atoms with van der Waals surface area (Å²) in [5, 5.41) is 4.75. The van der Waals surface area contributed by atoms with Crippen LogP contribution in [-0.2, 0) is 0 Å². The van der Waals surface area contributed by atoms with E-state index in [0.29, 0.717) is 46.9 Å². The summed E-state index contributed by atoms with van der Waals surface area (Å²) >= 11 is 5.94. The molecule has 2 heterocycles. The third kappa shape index (κ3) is 4.26. The number of likely N-dealkylation sites (tertiary alicyclic amines) is 1. The Morgan fingerprint density at radius 2 is 1.83 bits per heavy atom. The summed E-state index contributed by atoms with van der Waals surface area (Å²) in [7, 11) is 3.13. The van der Waals surface area contributed by atoms with Crippen LogP contribution in [0.15, 0.2) is 47.0 Å². The molecule has 8 heteroatoms. The third-order valence-electron chi connectivity index (χ3n) is 5.20. The predicted molar refractivity (Wildman–Crippen MR) is 112 cm³/mol. The fourth-order valence-electron chi connectivity index (χ4n) is 3.59. The number of hydrogen-bond acceptors (Lipinski definition) is 6. The number of carbonyl (C=O) groups excluding carboxylic acids is 1. The lowest BCUT2D eigenvalue weighted by atomic mass is 9.97. The van der Waals surface area contributed by atoms with Gasteiger partial charge in [-0.1, -0.05) is 16.8 Å². The average molecular weight is 428 g/mol. The van der Waals surface area contributed by atoms with Crippen molar-refractivity contribution < 1.29 is 18.8 Å². The average Bonchev–Trinajstić information content (AvgIpc) is 3.29. The van der Waals surface area contributed by atoms with Crippen LogP contribution >= 0.6 is 11.6 Å². The van der Waals surface area contributed by atoms with Crippen LogP contribution in [-0.4, -0.2) is 48.3 Å². The van der Waals surface area contributed by atoms with Gasteiger partial charge in [-0.05, 0) is 49.2 Å². The SMILES string of the molecule is COc1cc(OC)cc(C(=O)N2CCC[C@@H](c3nc(-c4ccc(Cl)cc4)no3)C2)c1. The molecule has 1 atom stereocenters. The van der Waals surface area contributed by atoms with Crippen molar-refractivity contribution in [1.29, 1.82) is 0 Å². The molecule has 1 aromatic heterocycles. The number of benzene rings is 2.